The molecule has 0 aromatic heterocycles. The molecule has 0 saturated carbocycles. The van der Waals surface area contributed by atoms with E-state index >= 15 is 0 Å². The van der Waals surface area contributed by atoms with Gasteiger partial charge in [0.15, 0.2) is 5.96 Å². The van der Waals surface area contributed by atoms with Gasteiger partial charge in [-0.05, 0) is 6.42 Å². The number of carbonyl (C=O) groups excluding carboxylic acids is 2. The number of rotatable bonds is 5. The molecule has 2 amide bonds. The van der Waals surface area contributed by atoms with Crippen LogP contribution in [0.1, 0.15) is 19.8 Å². The quantitative estimate of drug-likeness (QED) is 0.274. The third-order valence-corrected chi connectivity index (χ3v) is 2.71. The van der Waals surface area contributed by atoms with Crippen molar-refractivity contribution in [2.45, 2.75) is 37.9 Å². The van der Waals surface area contributed by atoms with Crippen LogP contribution in [0, 0.1) is 0 Å². The Bertz CT molecular complexity index is 418. The molecule has 0 aliphatic carbocycles. The molecule has 19 heavy (non-hydrogen) atoms. The van der Waals surface area contributed by atoms with E-state index < -0.39 is 42.3 Å². The van der Waals surface area contributed by atoms with Gasteiger partial charge in [-0.1, -0.05) is 6.92 Å². The number of piperazine rings is 1. The van der Waals surface area contributed by atoms with Crippen LogP contribution < -0.4 is 22.1 Å². The molecule has 1 heterocycles. The molecular formula is C10H17N5O4. The van der Waals surface area contributed by atoms with Crippen LogP contribution in [-0.2, 0) is 14.4 Å². The molecular weight excluding hydrogens is 254 g/mol. The highest BCUT2D eigenvalue weighted by molar-refractivity contribution is 5.99. The summed E-state index contributed by atoms with van der Waals surface area (Å²) in [6, 6.07) is -2.55. The molecule has 1 saturated heterocycles. The molecule has 3 atom stereocenters. The summed E-state index contributed by atoms with van der Waals surface area (Å²) in [6.07, 6.45) is -0.0246. The number of carboxylic acids is 1. The maximum atomic E-state index is 11.8. The molecule has 2 unspecified atom stereocenters. The normalized spacial score (nSPS) is 24.1. The van der Waals surface area contributed by atoms with Crippen LogP contribution in [0.15, 0.2) is 4.99 Å². The summed E-state index contributed by atoms with van der Waals surface area (Å²) in [5.41, 5.74) is 10.5. The van der Waals surface area contributed by atoms with E-state index in [4.69, 9.17) is 16.6 Å². The second-order valence-corrected chi connectivity index (χ2v) is 4.17. The molecule has 9 nitrogen and oxygen atoms in total. The number of aliphatic imine (C=N–C) groups is 1. The van der Waals surface area contributed by atoms with Crippen molar-refractivity contribution in [2.75, 3.05) is 0 Å². The Morgan fingerprint density at radius 2 is 2.00 bits per heavy atom. The van der Waals surface area contributed by atoms with Crippen LogP contribution in [-0.4, -0.2) is 47.0 Å². The van der Waals surface area contributed by atoms with E-state index in [2.05, 4.69) is 15.6 Å². The Hall–Kier alpha value is -2.32. The minimum Gasteiger partial charge on any atom is -0.481 e. The van der Waals surface area contributed by atoms with Crippen LogP contribution in [0.5, 0.6) is 0 Å². The number of carbonyl (C=O) groups is 3. The number of nitrogens with zero attached hydrogens (tertiary/aromatic N) is 1. The molecule has 1 aliphatic heterocycles. The van der Waals surface area contributed by atoms with Gasteiger partial charge in [0.1, 0.15) is 12.1 Å². The minimum atomic E-state index is -1.17. The highest BCUT2D eigenvalue weighted by atomic mass is 16.4. The number of aliphatic carboxylic acids is 1. The van der Waals surface area contributed by atoms with Crippen molar-refractivity contribution in [1.29, 1.82) is 0 Å². The topological polar surface area (TPSA) is 160 Å². The van der Waals surface area contributed by atoms with Gasteiger partial charge < -0.3 is 27.2 Å². The van der Waals surface area contributed by atoms with Gasteiger partial charge >= 0.3 is 5.97 Å². The summed E-state index contributed by atoms with van der Waals surface area (Å²) < 4.78 is 0. The first kappa shape index (κ1) is 14.7. The number of amides is 2. The Morgan fingerprint density at radius 3 is 2.47 bits per heavy atom. The fourth-order valence-corrected chi connectivity index (χ4v) is 1.83. The Balaban J connectivity index is 2.80. The lowest BCUT2D eigenvalue weighted by atomic mass is 10.0. The molecule has 0 spiro atoms. The van der Waals surface area contributed by atoms with Crippen LogP contribution >= 0.6 is 0 Å². The van der Waals surface area contributed by atoms with Gasteiger partial charge in [-0.15, -0.1) is 0 Å². The molecule has 7 N–H and O–H groups in total. The van der Waals surface area contributed by atoms with Crippen molar-refractivity contribution in [3.63, 3.8) is 0 Å². The number of guanidine groups is 1. The van der Waals surface area contributed by atoms with Crippen molar-refractivity contribution in [1.82, 2.24) is 10.6 Å². The zero-order valence-corrected chi connectivity index (χ0v) is 10.4. The molecule has 0 aromatic rings. The lowest BCUT2D eigenvalue weighted by molar-refractivity contribution is -0.143. The SMILES string of the molecule is CCC(N=C(N)N)[C@H]1NC(=O)C(CC(=O)O)NC1=O. The second-order valence-electron chi connectivity index (χ2n) is 4.17. The van der Waals surface area contributed by atoms with Gasteiger partial charge in [-0.25, -0.2) is 4.99 Å². The van der Waals surface area contributed by atoms with Crippen molar-refractivity contribution < 1.29 is 19.5 Å². The van der Waals surface area contributed by atoms with Crippen LogP contribution in [0.3, 0.4) is 0 Å². The average Bonchev–Trinajstić information content (AvgIpc) is 2.29. The zero-order chi connectivity index (χ0) is 14.6. The lowest BCUT2D eigenvalue weighted by Gasteiger charge is -2.31. The van der Waals surface area contributed by atoms with Crippen LogP contribution in [0.25, 0.3) is 0 Å². The van der Waals surface area contributed by atoms with E-state index in [0.29, 0.717) is 6.42 Å². The molecule has 1 rings (SSSR count). The van der Waals surface area contributed by atoms with Gasteiger partial charge in [0.05, 0.1) is 12.5 Å². The van der Waals surface area contributed by atoms with E-state index in [-0.39, 0.29) is 5.96 Å². The maximum absolute atomic E-state index is 11.8. The average molecular weight is 271 g/mol. The molecule has 1 fully saturated rings. The van der Waals surface area contributed by atoms with Gasteiger partial charge in [-0.3, -0.25) is 14.4 Å². The van der Waals surface area contributed by atoms with E-state index in [9.17, 15) is 14.4 Å². The number of nitrogens with one attached hydrogen (secondary N) is 2. The number of hydrogen-bond acceptors (Lipinski definition) is 4. The maximum Gasteiger partial charge on any atom is 0.305 e. The zero-order valence-electron chi connectivity index (χ0n) is 10.4. The lowest BCUT2D eigenvalue weighted by Crippen LogP contribution is -2.65. The Kier molecular flexibility index (Phi) is 4.67. The first-order chi connectivity index (χ1) is 8.85. The predicted molar refractivity (Wildman–Crippen MR) is 66.0 cm³/mol. The summed E-state index contributed by atoms with van der Waals surface area (Å²) in [5.74, 6) is -2.41. The molecule has 0 radical (unpaired) electrons. The molecule has 106 valence electrons. The van der Waals surface area contributed by atoms with Gasteiger partial charge in [0.25, 0.3) is 0 Å². The van der Waals surface area contributed by atoms with Crippen LogP contribution in [0.2, 0.25) is 0 Å². The van der Waals surface area contributed by atoms with Crippen molar-refractivity contribution >= 4 is 23.7 Å². The first-order valence-electron chi connectivity index (χ1n) is 5.76. The first-order valence-corrected chi connectivity index (χ1v) is 5.76. The van der Waals surface area contributed by atoms with Gasteiger partial charge in [0, 0.05) is 0 Å². The summed E-state index contributed by atoms with van der Waals surface area (Å²) in [4.78, 5) is 38.0. The largest absolute Gasteiger partial charge is 0.481 e. The second kappa shape index (κ2) is 6.03. The summed E-state index contributed by atoms with van der Waals surface area (Å²) in [7, 11) is 0. The van der Waals surface area contributed by atoms with Crippen molar-refractivity contribution in [3.05, 3.63) is 0 Å². The van der Waals surface area contributed by atoms with Gasteiger partial charge in [0.2, 0.25) is 11.8 Å². The molecule has 0 aromatic carbocycles. The fraction of sp³-hybridized carbons (Fsp3) is 0.600. The van der Waals surface area contributed by atoms with E-state index in [1.807, 2.05) is 0 Å². The third kappa shape index (κ3) is 3.83. The standard InChI is InChI=1S/C10H17N5O4/c1-2-4(14-10(11)12)7-9(19)13-5(3-6(16)17)8(18)15-7/h4-5,7H,2-3H2,1H3,(H,13,19)(H,15,18)(H,16,17)(H4,11,12,14)/t4?,5?,7-/m1/s1. The number of carboxylic acid groups (broad SMARTS) is 1. The van der Waals surface area contributed by atoms with E-state index in [1.54, 1.807) is 6.92 Å². The predicted octanol–water partition coefficient (Wildman–Crippen LogP) is -2.50. The smallest absolute Gasteiger partial charge is 0.305 e. The summed E-state index contributed by atoms with van der Waals surface area (Å²) >= 11 is 0. The van der Waals surface area contributed by atoms with Crippen LogP contribution in [0.4, 0.5) is 0 Å². The van der Waals surface area contributed by atoms with Crippen molar-refractivity contribution in [2.24, 2.45) is 16.5 Å². The summed E-state index contributed by atoms with van der Waals surface area (Å²) in [5, 5.41) is 13.4. The van der Waals surface area contributed by atoms with Crippen molar-refractivity contribution in [3.8, 4) is 0 Å². The number of hydrogen-bond donors (Lipinski definition) is 5. The Morgan fingerprint density at radius 1 is 1.37 bits per heavy atom. The number of nitrogens with two attached hydrogens (primary N) is 2. The highest BCUT2D eigenvalue weighted by Gasteiger charge is 2.38. The molecule has 9 heteroatoms. The van der Waals surface area contributed by atoms with E-state index in [1.165, 1.54) is 0 Å². The third-order valence-electron chi connectivity index (χ3n) is 2.71. The van der Waals surface area contributed by atoms with E-state index in [0.717, 1.165) is 0 Å². The minimum absolute atomic E-state index is 0.179. The highest BCUT2D eigenvalue weighted by Crippen LogP contribution is 2.10. The monoisotopic (exact) mass is 271 g/mol. The molecule has 0 bridgehead atoms. The fourth-order valence-electron chi connectivity index (χ4n) is 1.83. The van der Waals surface area contributed by atoms with Gasteiger partial charge in [-0.2, -0.15) is 0 Å². The molecule has 1 aliphatic rings. The summed E-state index contributed by atoms with van der Waals surface area (Å²) in [6.45, 7) is 1.76. The Labute approximate surface area is 109 Å².